The van der Waals surface area contributed by atoms with Crippen LogP contribution in [-0.4, -0.2) is 6.54 Å². The number of hydrogen-bond donors (Lipinski definition) is 0. The van der Waals surface area contributed by atoms with Gasteiger partial charge >= 0.3 is 0 Å². The van der Waals surface area contributed by atoms with Crippen molar-refractivity contribution in [2.45, 2.75) is 51.9 Å². The zero-order valence-electron chi connectivity index (χ0n) is 7.16. The number of hydrogen-bond acceptors (Lipinski definition) is 0. The van der Waals surface area contributed by atoms with Gasteiger partial charge in [-0.2, -0.15) is 0 Å². The van der Waals surface area contributed by atoms with Crippen molar-refractivity contribution in [2.24, 2.45) is 0 Å². The van der Waals surface area contributed by atoms with Gasteiger partial charge in [0.15, 0.2) is 0 Å². The predicted octanol–water partition coefficient (Wildman–Crippen LogP) is 3.02. The highest BCUT2D eigenvalue weighted by Gasteiger charge is 1.87. The number of rotatable bonds is 7. The molecule has 0 atom stereocenters. The van der Waals surface area contributed by atoms with E-state index < -0.39 is 0 Å². The van der Waals surface area contributed by atoms with Crippen LogP contribution in [0.15, 0.2) is 0 Å². The van der Waals surface area contributed by atoms with Gasteiger partial charge in [0.1, 0.15) is 0 Å². The van der Waals surface area contributed by atoms with Gasteiger partial charge in [-0.15, -0.1) is 0 Å². The maximum absolute atomic E-state index is 6.92. The summed E-state index contributed by atoms with van der Waals surface area (Å²) in [5.41, 5.74) is 6.92. The molecule has 0 aromatic heterocycles. The molecule has 0 aliphatic carbocycles. The van der Waals surface area contributed by atoms with Crippen molar-refractivity contribution in [2.75, 3.05) is 6.54 Å². The lowest BCUT2D eigenvalue weighted by molar-refractivity contribution is 0.591. The van der Waals surface area contributed by atoms with Crippen molar-refractivity contribution in [3.05, 3.63) is 0 Å². The monoisotopic (exact) mass is 142 g/mol. The van der Waals surface area contributed by atoms with Crippen LogP contribution in [0.25, 0.3) is 0 Å². The molecule has 0 bridgehead atoms. The molecule has 0 saturated heterocycles. The van der Waals surface area contributed by atoms with Crippen LogP contribution in [0.1, 0.15) is 51.9 Å². The summed E-state index contributed by atoms with van der Waals surface area (Å²) in [4.78, 5) is 0. The van der Waals surface area contributed by atoms with Crippen LogP contribution in [0.3, 0.4) is 0 Å². The van der Waals surface area contributed by atoms with Gasteiger partial charge in [-0.3, -0.25) is 5.73 Å². The van der Waals surface area contributed by atoms with E-state index in [1.165, 1.54) is 38.5 Å². The molecule has 0 aliphatic heterocycles. The topological polar surface area (TPSA) is 23.8 Å². The fourth-order valence-electron chi connectivity index (χ4n) is 1.08. The first-order valence-electron chi connectivity index (χ1n) is 4.56. The second-order valence-electron chi connectivity index (χ2n) is 2.87. The first-order chi connectivity index (χ1) is 4.91. The van der Waals surface area contributed by atoms with E-state index in [1.807, 2.05) is 0 Å². The Labute approximate surface area is 65.0 Å². The third-order valence-corrected chi connectivity index (χ3v) is 1.78. The van der Waals surface area contributed by atoms with E-state index in [4.69, 9.17) is 5.73 Å². The minimum Gasteiger partial charge on any atom is -0.258 e. The smallest absolute Gasteiger partial charge is 0.00997 e. The van der Waals surface area contributed by atoms with Crippen molar-refractivity contribution in [1.29, 1.82) is 0 Å². The summed E-state index contributed by atoms with van der Waals surface area (Å²) in [6, 6.07) is 0. The van der Waals surface area contributed by atoms with E-state index in [0.717, 1.165) is 6.42 Å². The van der Waals surface area contributed by atoms with Crippen LogP contribution < -0.4 is 5.73 Å². The Morgan fingerprint density at radius 3 is 1.80 bits per heavy atom. The largest absolute Gasteiger partial charge is 0.258 e. The second kappa shape index (κ2) is 8.96. The normalized spacial score (nSPS) is 10.2. The summed E-state index contributed by atoms with van der Waals surface area (Å²) in [5.74, 6) is 0. The molecule has 10 heavy (non-hydrogen) atoms. The molecule has 0 spiro atoms. The molecule has 0 aromatic rings. The molecule has 0 fully saturated rings. The van der Waals surface area contributed by atoms with Gasteiger partial charge in [0.25, 0.3) is 0 Å². The van der Waals surface area contributed by atoms with E-state index in [-0.39, 0.29) is 0 Å². The molecule has 0 aliphatic rings. The number of nitrogens with one attached hydrogen (secondary N) is 1. The molecule has 1 radical (unpaired) electrons. The SMILES string of the molecule is CCCCCCCCC[NH]. The quantitative estimate of drug-likeness (QED) is 0.488. The van der Waals surface area contributed by atoms with Gasteiger partial charge in [0, 0.05) is 6.54 Å². The van der Waals surface area contributed by atoms with E-state index in [1.54, 1.807) is 0 Å². The van der Waals surface area contributed by atoms with Crippen molar-refractivity contribution < 1.29 is 0 Å². The summed E-state index contributed by atoms with van der Waals surface area (Å²) < 4.78 is 0. The maximum atomic E-state index is 6.92. The maximum Gasteiger partial charge on any atom is 0.00997 e. The van der Waals surface area contributed by atoms with Crippen molar-refractivity contribution in [3.8, 4) is 0 Å². The molecule has 0 amide bonds. The molecular weight excluding hydrogens is 122 g/mol. The average molecular weight is 142 g/mol. The molecule has 1 nitrogen and oxygen atoms in total. The van der Waals surface area contributed by atoms with E-state index in [2.05, 4.69) is 6.92 Å². The Morgan fingerprint density at radius 2 is 1.30 bits per heavy atom. The first-order valence-corrected chi connectivity index (χ1v) is 4.56. The summed E-state index contributed by atoms with van der Waals surface area (Å²) >= 11 is 0. The van der Waals surface area contributed by atoms with Gasteiger partial charge in [0.2, 0.25) is 0 Å². The lowest BCUT2D eigenvalue weighted by atomic mass is 10.1. The van der Waals surface area contributed by atoms with Gasteiger partial charge in [-0.1, -0.05) is 45.4 Å². The molecule has 1 N–H and O–H groups in total. The predicted molar refractivity (Wildman–Crippen MR) is 46.0 cm³/mol. The highest BCUT2D eigenvalue weighted by Crippen LogP contribution is 2.05. The van der Waals surface area contributed by atoms with Crippen LogP contribution in [0.4, 0.5) is 0 Å². The lowest BCUT2D eigenvalue weighted by Crippen LogP contribution is -1.85. The van der Waals surface area contributed by atoms with Crippen LogP contribution >= 0.6 is 0 Å². The molecule has 0 unspecified atom stereocenters. The second-order valence-corrected chi connectivity index (χ2v) is 2.87. The highest BCUT2D eigenvalue weighted by atomic mass is 14.5. The van der Waals surface area contributed by atoms with Gasteiger partial charge in [0.05, 0.1) is 0 Å². The minimum atomic E-state index is 0.619. The Balaban J connectivity index is 2.65. The van der Waals surface area contributed by atoms with Crippen molar-refractivity contribution >= 4 is 0 Å². The number of unbranched alkanes of at least 4 members (excludes halogenated alkanes) is 6. The van der Waals surface area contributed by atoms with Crippen LogP contribution in [0.5, 0.6) is 0 Å². The molecular formula is C9H20N. The van der Waals surface area contributed by atoms with Crippen LogP contribution in [-0.2, 0) is 0 Å². The van der Waals surface area contributed by atoms with Crippen molar-refractivity contribution in [3.63, 3.8) is 0 Å². The zero-order valence-corrected chi connectivity index (χ0v) is 7.16. The van der Waals surface area contributed by atoms with Crippen molar-refractivity contribution in [1.82, 2.24) is 5.73 Å². The van der Waals surface area contributed by atoms with Gasteiger partial charge < -0.3 is 0 Å². The minimum absolute atomic E-state index is 0.619. The molecule has 0 saturated carbocycles. The third kappa shape index (κ3) is 7.96. The standard InChI is InChI=1S/C9H20N/c1-2-3-4-5-6-7-8-9-10/h10H,2-9H2,1H3. The summed E-state index contributed by atoms with van der Waals surface area (Å²) in [7, 11) is 0. The Bertz CT molecular complexity index is 44.7. The first kappa shape index (κ1) is 9.96. The molecule has 1 heteroatoms. The van der Waals surface area contributed by atoms with Gasteiger partial charge in [-0.25, -0.2) is 0 Å². The highest BCUT2D eigenvalue weighted by molar-refractivity contribution is 4.44. The molecule has 0 aromatic carbocycles. The Morgan fingerprint density at radius 1 is 0.800 bits per heavy atom. The average Bonchev–Trinajstić information content (AvgIpc) is 1.97. The lowest BCUT2D eigenvalue weighted by Gasteiger charge is -1.97. The molecule has 0 heterocycles. The fraction of sp³-hybridized carbons (Fsp3) is 1.00. The molecule has 0 rings (SSSR count). The van der Waals surface area contributed by atoms with Crippen LogP contribution in [0.2, 0.25) is 0 Å². The Kier molecular flexibility index (Phi) is 8.92. The third-order valence-electron chi connectivity index (χ3n) is 1.78. The van der Waals surface area contributed by atoms with Crippen LogP contribution in [0, 0.1) is 0 Å². The summed E-state index contributed by atoms with van der Waals surface area (Å²) in [5, 5.41) is 0. The van der Waals surface area contributed by atoms with E-state index >= 15 is 0 Å². The summed E-state index contributed by atoms with van der Waals surface area (Å²) in [6.45, 7) is 2.86. The van der Waals surface area contributed by atoms with E-state index in [0.29, 0.717) is 6.54 Å². The Hall–Kier alpha value is -0.0400. The zero-order chi connectivity index (χ0) is 7.66. The van der Waals surface area contributed by atoms with E-state index in [9.17, 15) is 0 Å². The molecule has 61 valence electrons. The van der Waals surface area contributed by atoms with Gasteiger partial charge in [-0.05, 0) is 6.42 Å². The summed E-state index contributed by atoms with van der Waals surface area (Å²) in [6.07, 6.45) is 9.22. The fourth-order valence-corrected chi connectivity index (χ4v) is 1.08.